The summed E-state index contributed by atoms with van der Waals surface area (Å²) in [7, 11) is 1.43. The van der Waals surface area contributed by atoms with Crippen LogP contribution in [0.25, 0.3) is 11.0 Å². The number of imidazole rings is 1. The smallest absolute Gasteiger partial charge is 0.329 e. The van der Waals surface area contributed by atoms with Gasteiger partial charge in [0, 0.05) is 19.5 Å². The van der Waals surface area contributed by atoms with E-state index in [0.29, 0.717) is 6.42 Å². The molecule has 0 bridgehead atoms. The molecule has 0 spiro atoms. The molecule has 2 rings (SSSR count). The Balaban J connectivity index is 1.85. The maximum Gasteiger partial charge on any atom is 0.329 e. The van der Waals surface area contributed by atoms with Gasteiger partial charge in [0.15, 0.2) is 0 Å². The summed E-state index contributed by atoms with van der Waals surface area (Å²) >= 11 is 0. The number of para-hydroxylation sites is 2. The van der Waals surface area contributed by atoms with Crippen molar-refractivity contribution in [2.45, 2.75) is 97.1 Å². The summed E-state index contributed by atoms with van der Waals surface area (Å²) in [4.78, 5) is 24.1. The van der Waals surface area contributed by atoms with Gasteiger partial charge in [0.05, 0.1) is 18.1 Å². The molecule has 1 heterocycles. The minimum atomic E-state index is -0.130. The van der Waals surface area contributed by atoms with Crippen molar-refractivity contribution in [2.75, 3.05) is 7.11 Å². The van der Waals surface area contributed by atoms with Crippen molar-refractivity contribution in [2.24, 2.45) is 0 Å². The van der Waals surface area contributed by atoms with Crippen LogP contribution in [0.15, 0.2) is 29.1 Å². The number of carbonyl (C=O) groups excluding carboxylic acids is 1. The number of rotatable bonds is 15. The summed E-state index contributed by atoms with van der Waals surface area (Å²) in [6.45, 7) is 3.81. The number of fused-ring (bicyclic) bond motifs is 1. The normalized spacial score (nSPS) is 11.2. The fourth-order valence-electron chi connectivity index (χ4n) is 3.93. The fraction of sp³-hybridized carbons (Fsp3) is 0.667. The van der Waals surface area contributed by atoms with E-state index in [1.165, 1.54) is 39.2 Å². The first-order chi connectivity index (χ1) is 14.2. The Labute approximate surface area is 175 Å². The van der Waals surface area contributed by atoms with Gasteiger partial charge in [0.2, 0.25) is 0 Å². The molecule has 1 aromatic carbocycles. The lowest BCUT2D eigenvalue weighted by atomic mass is 10.1. The highest BCUT2D eigenvalue weighted by Crippen LogP contribution is 2.16. The van der Waals surface area contributed by atoms with Crippen molar-refractivity contribution in [3.05, 3.63) is 34.7 Å². The second-order valence-electron chi connectivity index (χ2n) is 7.94. The number of hydrogen-bond acceptors (Lipinski definition) is 3. The highest BCUT2D eigenvalue weighted by atomic mass is 16.5. The van der Waals surface area contributed by atoms with Crippen molar-refractivity contribution in [3.8, 4) is 0 Å². The zero-order valence-corrected chi connectivity index (χ0v) is 18.3. The Bertz CT molecular complexity index is 791. The molecule has 0 saturated heterocycles. The predicted molar refractivity (Wildman–Crippen MR) is 119 cm³/mol. The Morgan fingerprint density at radius 1 is 0.793 bits per heavy atom. The molecule has 1 aromatic heterocycles. The van der Waals surface area contributed by atoms with Crippen molar-refractivity contribution in [3.63, 3.8) is 0 Å². The van der Waals surface area contributed by atoms with Gasteiger partial charge in [0.1, 0.15) is 0 Å². The number of esters is 1. The summed E-state index contributed by atoms with van der Waals surface area (Å²) in [5, 5.41) is 0. The van der Waals surface area contributed by atoms with Crippen molar-refractivity contribution in [1.29, 1.82) is 0 Å². The molecule has 5 nitrogen and oxygen atoms in total. The Morgan fingerprint density at radius 3 is 1.79 bits per heavy atom. The largest absolute Gasteiger partial charge is 0.469 e. The topological polar surface area (TPSA) is 53.2 Å². The third kappa shape index (κ3) is 7.37. The van der Waals surface area contributed by atoms with E-state index in [-0.39, 0.29) is 11.7 Å². The van der Waals surface area contributed by atoms with Gasteiger partial charge in [-0.3, -0.25) is 13.9 Å². The average molecular weight is 403 g/mol. The second kappa shape index (κ2) is 13.2. The fourth-order valence-corrected chi connectivity index (χ4v) is 3.93. The van der Waals surface area contributed by atoms with Crippen molar-refractivity contribution in [1.82, 2.24) is 9.13 Å². The standard InChI is InChI=1S/C24H38N2O3/c1-3-4-5-6-9-14-19-25-21-16-12-13-17-22(21)26(24(25)28)20-15-10-7-8-11-18-23(27)29-2/h12-13,16-17H,3-11,14-15,18-20H2,1-2H3. The van der Waals surface area contributed by atoms with Crippen molar-refractivity contribution >= 4 is 17.0 Å². The van der Waals surface area contributed by atoms with E-state index in [2.05, 4.69) is 23.8 Å². The molecule has 0 fully saturated rings. The Morgan fingerprint density at radius 2 is 1.28 bits per heavy atom. The summed E-state index contributed by atoms with van der Waals surface area (Å²) in [6, 6.07) is 8.16. The van der Waals surface area contributed by atoms with Crippen LogP contribution < -0.4 is 5.69 Å². The molecular weight excluding hydrogens is 364 g/mol. The third-order valence-corrected chi connectivity index (χ3v) is 5.65. The lowest BCUT2D eigenvalue weighted by Crippen LogP contribution is -2.24. The van der Waals surface area contributed by atoms with E-state index in [1.807, 2.05) is 21.3 Å². The number of unbranched alkanes of at least 4 members (excludes halogenated alkanes) is 9. The number of aryl methyl sites for hydroxylation is 2. The summed E-state index contributed by atoms with van der Waals surface area (Å²) in [6.07, 6.45) is 12.9. The zero-order chi connectivity index (χ0) is 20.9. The summed E-state index contributed by atoms with van der Waals surface area (Å²) < 4.78 is 8.57. The average Bonchev–Trinajstić information content (AvgIpc) is 3.00. The molecule has 0 aliphatic carbocycles. The second-order valence-corrected chi connectivity index (χ2v) is 7.94. The highest BCUT2D eigenvalue weighted by Gasteiger charge is 2.12. The van der Waals surface area contributed by atoms with E-state index in [1.54, 1.807) is 0 Å². The van der Waals surface area contributed by atoms with E-state index in [9.17, 15) is 9.59 Å². The van der Waals surface area contributed by atoms with Gasteiger partial charge in [-0.05, 0) is 31.4 Å². The molecule has 0 amide bonds. The van der Waals surface area contributed by atoms with Crippen LogP contribution in [-0.4, -0.2) is 22.2 Å². The number of benzene rings is 1. The van der Waals surface area contributed by atoms with Crippen LogP contribution in [0.2, 0.25) is 0 Å². The van der Waals surface area contributed by atoms with E-state index in [4.69, 9.17) is 0 Å². The van der Waals surface area contributed by atoms with Gasteiger partial charge in [-0.2, -0.15) is 0 Å². The molecule has 29 heavy (non-hydrogen) atoms. The first-order valence-corrected chi connectivity index (χ1v) is 11.4. The Kier molecular flexibility index (Phi) is 10.6. The van der Waals surface area contributed by atoms with Gasteiger partial charge < -0.3 is 4.74 Å². The molecule has 0 unspecified atom stereocenters. The van der Waals surface area contributed by atoms with Crippen LogP contribution in [0.3, 0.4) is 0 Å². The quantitative estimate of drug-likeness (QED) is 0.285. The molecule has 0 radical (unpaired) electrons. The number of carbonyl (C=O) groups is 1. The van der Waals surface area contributed by atoms with Crippen LogP contribution in [0.5, 0.6) is 0 Å². The number of aromatic nitrogens is 2. The molecule has 162 valence electrons. The first-order valence-electron chi connectivity index (χ1n) is 11.4. The molecule has 0 aliphatic rings. The molecule has 0 N–H and O–H groups in total. The highest BCUT2D eigenvalue weighted by molar-refractivity contribution is 5.76. The van der Waals surface area contributed by atoms with Gasteiger partial charge >= 0.3 is 11.7 Å². The monoisotopic (exact) mass is 402 g/mol. The molecule has 5 heteroatoms. The summed E-state index contributed by atoms with van der Waals surface area (Å²) in [5.74, 6) is -0.130. The molecule has 0 saturated carbocycles. The molecule has 0 aliphatic heterocycles. The van der Waals surface area contributed by atoms with Gasteiger partial charge in [0.25, 0.3) is 0 Å². The van der Waals surface area contributed by atoms with E-state index in [0.717, 1.165) is 62.6 Å². The number of hydrogen-bond donors (Lipinski definition) is 0. The molecular formula is C24H38N2O3. The predicted octanol–water partition coefficient (Wildman–Crippen LogP) is 5.68. The lowest BCUT2D eigenvalue weighted by Gasteiger charge is -2.04. The number of nitrogens with zero attached hydrogens (tertiary/aromatic N) is 2. The maximum atomic E-state index is 13.0. The number of methoxy groups -OCH3 is 1. The van der Waals surface area contributed by atoms with Crippen LogP contribution >= 0.6 is 0 Å². The minimum Gasteiger partial charge on any atom is -0.469 e. The molecule has 2 aromatic rings. The first kappa shape index (κ1) is 23.2. The minimum absolute atomic E-state index is 0.130. The third-order valence-electron chi connectivity index (χ3n) is 5.65. The van der Waals surface area contributed by atoms with Crippen LogP contribution in [0, 0.1) is 0 Å². The SMILES string of the molecule is CCCCCCCCn1c(=O)n(CCCCCCCC(=O)OC)c2ccccc21. The van der Waals surface area contributed by atoms with Gasteiger partial charge in [-0.25, -0.2) is 4.79 Å². The Hall–Kier alpha value is -2.04. The maximum absolute atomic E-state index is 13.0. The number of ether oxygens (including phenoxy) is 1. The van der Waals surface area contributed by atoms with Crippen LogP contribution in [0.4, 0.5) is 0 Å². The van der Waals surface area contributed by atoms with Gasteiger partial charge in [-0.15, -0.1) is 0 Å². The van der Waals surface area contributed by atoms with Gasteiger partial charge in [-0.1, -0.05) is 70.4 Å². The van der Waals surface area contributed by atoms with Crippen LogP contribution in [0.1, 0.15) is 84.0 Å². The summed E-state index contributed by atoms with van der Waals surface area (Å²) in [5.41, 5.74) is 2.24. The van der Waals surface area contributed by atoms with E-state index >= 15 is 0 Å². The molecule has 0 atom stereocenters. The zero-order valence-electron chi connectivity index (χ0n) is 18.3. The van der Waals surface area contributed by atoms with Crippen LogP contribution in [-0.2, 0) is 22.6 Å². The lowest BCUT2D eigenvalue weighted by molar-refractivity contribution is -0.140. The van der Waals surface area contributed by atoms with Crippen molar-refractivity contribution < 1.29 is 9.53 Å². The van der Waals surface area contributed by atoms with E-state index < -0.39 is 0 Å².